The Kier molecular flexibility index (Phi) is 6.89. The third kappa shape index (κ3) is 4.86. The molecule has 0 bridgehead atoms. The monoisotopic (exact) mass is 430 g/mol. The number of esters is 1. The van der Waals surface area contributed by atoms with Gasteiger partial charge in [-0.1, -0.05) is 51.1 Å². The topological polar surface area (TPSA) is 44.8 Å². The van der Waals surface area contributed by atoms with Crippen LogP contribution >= 0.6 is 0 Å². The van der Waals surface area contributed by atoms with E-state index in [1.807, 2.05) is 39.9 Å². The van der Waals surface area contributed by atoms with Crippen LogP contribution in [0.15, 0.2) is 42.2 Å². The van der Waals surface area contributed by atoms with E-state index in [9.17, 15) is 18.0 Å². The van der Waals surface area contributed by atoms with Crippen LogP contribution in [0.5, 0.6) is 0 Å². The van der Waals surface area contributed by atoms with E-state index in [0.717, 1.165) is 7.11 Å². The van der Waals surface area contributed by atoms with Gasteiger partial charge in [0, 0.05) is 12.7 Å². The summed E-state index contributed by atoms with van der Waals surface area (Å²) in [6.07, 6.45) is -3.62. The molecular formula is C21H29F3O4Si. The molecule has 0 radical (unpaired) electrons. The summed E-state index contributed by atoms with van der Waals surface area (Å²) in [4.78, 5) is 12.9. The molecule has 0 amide bonds. The van der Waals surface area contributed by atoms with Crippen molar-refractivity contribution in [3.63, 3.8) is 0 Å². The van der Waals surface area contributed by atoms with Gasteiger partial charge in [-0.15, -0.1) is 0 Å². The van der Waals surface area contributed by atoms with Gasteiger partial charge in [-0.05, 0) is 36.9 Å². The minimum Gasteiger partial charge on any atom is -0.547 e. The van der Waals surface area contributed by atoms with Crippen LogP contribution < -0.4 is 0 Å². The van der Waals surface area contributed by atoms with E-state index in [4.69, 9.17) is 13.9 Å². The van der Waals surface area contributed by atoms with Crippen molar-refractivity contribution in [3.05, 3.63) is 47.7 Å². The first-order chi connectivity index (χ1) is 13.3. The Bertz CT molecular complexity index is 741. The van der Waals surface area contributed by atoms with Gasteiger partial charge >= 0.3 is 12.1 Å². The summed E-state index contributed by atoms with van der Waals surface area (Å²) in [6.45, 7) is 9.98. The van der Waals surface area contributed by atoms with E-state index in [2.05, 4.69) is 0 Å². The Morgan fingerprint density at radius 1 is 1.10 bits per heavy atom. The van der Waals surface area contributed by atoms with Gasteiger partial charge in [-0.25, -0.2) is 4.79 Å². The first-order valence-electron chi connectivity index (χ1n) is 9.59. The summed E-state index contributed by atoms with van der Waals surface area (Å²) in [5, 5.41) is 0. The number of halogens is 3. The third-order valence-electron chi connectivity index (χ3n) is 5.06. The van der Waals surface area contributed by atoms with E-state index in [-0.39, 0.29) is 16.9 Å². The van der Waals surface area contributed by atoms with Crippen LogP contribution in [0.4, 0.5) is 13.2 Å². The molecule has 3 atom stereocenters. The van der Waals surface area contributed by atoms with Crippen LogP contribution in [-0.4, -0.2) is 34.4 Å². The van der Waals surface area contributed by atoms with Crippen LogP contribution in [0, 0.1) is 11.3 Å². The molecule has 4 nitrogen and oxygen atoms in total. The fourth-order valence-electron chi connectivity index (χ4n) is 3.42. The second-order valence-electron chi connectivity index (χ2n) is 8.59. The van der Waals surface area contributed by atoms with Crippen molar-refractivity contribution >= 4 is 15.0 Å². The zero-order valence-corrected chi connectivity index (χ0v) is 18.8. The lowest BCUT2D eigenvalue weighted by atomic mass is 9.80. The molecule has 0 fully saturated rings. The Labute approximate surface area is 171 Å². The van der Waals surface area contributed by atoms with Gasteiger partial charge in [0.2, 0.25) is 9.04 Å². The number of rotatable bonds is 6. The smallest absolute Gasteiger partial charge is 0.432 e. The molecule has 29 heavy (non-hydrogen) atoms. The first kappa shape index (κ1) is 23.5. The molecule has 0 saturated heterocycles. The molecule has 1 aromatic rings. The van der Waals surface area contributed by atoms with Crippen LogP contribution in [0.1, 0.15) is 32.8 Å². The molecule has 0 aliphatic heterocycles. The van der Waals surface area contributed by atoms with Crippen molar-refractivity contribution < 1.29 is 31.9 Å². The number of methoxy groups -OCH3 is 1. The average Bonchev–Trinajstić information content (AvgIpc) is 2.98. The van der Waals surface area contributed by atoms with Crippen molar-refractivity contribution in [3.8, 4) is 0 Å². The van der Waals surface area contributed by atoms with Crippen molar-refractivity contribution in [1.82, 2.24) is 0 Å². The van der Waals surface area contributed by atoms with Crippen molar-refractivity contribution in [1.29, 1.82) is 0 Å². The van der Waals surface area contributed by atoms with Gasteiger partial charge in [-0.3, -0.25) is 0 Å². The molecule has 0 heterocycles. The van der Waals surface area contributed by atoms with Crippen LogP contribution in [-0.2, 0) is 24.3 Å². The molecule has 0 saturated carbocycles. The molecular weight excluding hydrogens is 401 g/mol. The molecule has 1 aromatic carbocycles. The molecule has 8 heteroatoms. The lowest BCUT2D eigenvalue weighted by Crippen LogP contribution is -2.52. The number of carbonyl (C=O) groups excluding carboxylic acids is 1. The molecule has 1 unspecified atom stereocenters. The summed E-state index contributed by atoms with van der Waals surface area (Å²) in [5.74, 6) is -1.03. The highest BCUT2D eigenvalue weighted by Gasteiger charge is 2.64. The van der Waals surface area contributed by atoms with Crippen molar-refractivity contribution in [2.75, 3.05) is 7.11 Å². The zero-order chi connectivity index (χ0) is 22.0. The average molecular weight is 431 g/mol. The number of hydrogen-bond donors (Lipinski definition) is 0. The third-order valence-corrected chi connectivity index (χ3v) is 5.80. The van der Waals surface area contributed by atoms with Gasteiger partial charge in [0.1, 0.15) is 5.76 Å². The Balaban J connectivity index is 2.39. The predicted octanol–water partition coefficient (Wildman–Crippen LogP) is 4.95. The van der Waals surface area contributed by atoms with Gasteiger partial charge in [0.05, 0.1) is 0 Å². The van der Waals surface area contributed by atoms with E-state index in [0.29, 0.717) is 12.2 Å². The van der Waals surface area contributed by atoms with Gasteiger partial charge < -0.3 is 13.9 Å². The van der Waals surface area contributed by atoms with Gasteiger partial charge in [0.25, 0.3) is 5.60 Å². The SMILES string of the molecule is COC(C(=O)O[C@H]1C[C@H](C(C)(C)C)C=C1O[SiH](C)C)(c1ccccc1)C(F)(F)F. The molecule has 2 rings (SSSR count). The first-order valence-corrected chi connectivity index (χ1v) is 12.4. The van der Waals surface area contributed by atoms with E-state index in [1.54, 1.807) is 6.07 Å². The largest absolute Gasteiger partial charge is 0.547 e. The summed E-state index contributed by atoms with van der Waals surface area (Å²) >= 11 is 0. The Morgan fingerprint density at radius 2 is 1.69 bits per heavy atom. The number of carbonyl (C=O) groups is 1. The van der Waals surface area contributed by atoms with Crippen LogP contribution in [0.25, 0.3) is 0 Å². The van der Waals surface area contributed by atoms with Crippen LogP contribution in [0.2, 0.25) is 13.1 Å². The highest BCUT2D eigenvalue weighted by molar-refractivity contribution is 6.48. The Morgan fingerprint density at radius 3 is 2.14 bits per heavy atom. The standard InChI is InChI=1S/C21H29F3O4Si/c1-19(2,3)15-12-16(17(13-15)28-29(5)6)27-18(25)20(26-4,21(22,23)24)14-10-8-7-9-11-14/h7-11,13,15-16,29H,12H2,1-6H3/t15-,16-,20?/m0/s1. The van der Waals surface area contributed by atoms with Gasteiger partial charge in [0.15, 0.2) is 6.10 Å². The summed E-state index contributed by atoms with van der Waals surface area (Å²) < 4.78 is 58.4. The number of allylic oxidation sites excluding steroid dienone is 1. The maximum atomic E-state index is 14.1. The number of benzene rings is 1. The summed E-state index contributed by atoms with van der Waals surface area (Å²) in [5.41, 5.74) is -3.67. The van der Waals surface area contributed by atoms with Crippen molar-refractivity contribution in [2.45, 2.75) is 58.2 Å². The second kappa shape index (κ2) is 8.51. The molecule has 0 N–H and O–H groups in total. The zero-order valence-electron chi connectivity index (χ0n) is 17.7. The summed E-state index contributed by atoms with van der Waals surface area (Å²) in [7, 11) is -0.680. The minimum atomic E-state index is -5.00. The molecule has 0 spiro atoms. The second-order valence-corrected chi connectivity index (χ2v) is 10.9. The fraction of sp³-hybridized carbons (Fsp3) is 0.571. The van der Waals surface area contributed by atoms with E-state index >= 15 is 0 Å². The van der Waals surface area contributed by atoms with E-state index in [1.165, 1.54) is 24.3 Å². The number of alkyl halides is 3. The molecule has 0 aromatic heterocycles. The fourth-order valence-corrected chi connectivity index (χ4v) is 4.19. The van der Waals surface area contributed by atoms with Crippen LogP contribution in [0.3, 0.4) is 0 Å². The van der Waals surface area contributed by atoms with E-state index < -0.39 is 32.9 Å². The lowest BCUT2D eigenvalue weighted by Gasteiger charge is -2.34. The highest BCUT2D eigenvalue weighted by atomic mass is 28.3. The number of ether oxygens (including phenoxy) is 2. The maximum absolute atomic E-state index is 14.1. The minimum absolute atomic E-state index is 0.0163. The quantitative estimate of drug-likeness (QED) is 0.473. The molecule has 1 aliphatic carbocycles. The maximum Gasteiger partial charge on any atom is 0.432 e. The normalized spacial score (nSPS) is 22.2. The predicted molar refractivity (Wildman–Crippen MR) is 107 cm³/mol. The van der Waals surface area contributed by atoms with Gasteiger partial charge in [-0.2, -0.15) is 13.2 Å². The molecule has 162 valence electrons. The summed E-state index contributed by atoms with van der Waals surface area (Å²) in [6, 6.07) is 6.83. The Hall–Kier alpha value is -1.80. The molecule has 1 aliphatic rings. The lowest BCUT2D eigenvalue weighted by molar-refractivity contribution is -0.278. The van der Waals surface area contributed by atoms with Crippen molar-refractivity contribution in [2.24, 2.45) is 11.3 Å². The highest BCUT2D eigenvalue weighted by Crippen LogP contribution is 2.45. The number of hydrogen-bond acceptors (Lipinski definition) is 4.